The van der Waals surface area contributed by atoms with E-state index in [9.17, 15) is 4.79 Å². The number of carbonyl (C=O) groups is 1. The Labute approximate surface area is 121 Å². The maximum Gasteiger partial charge on any atom is 0.234 e. The van der Waals surface area contributed by atoms with Crippen LogP contribution >= 0.6 is 11.3 Å². The smallest absolute Gasteiger partial charge is 0.234 e. The second-order valence-electron chi connectivity index (χ2n) is 5.31. The van der Waals surface area contributed by atoms with E-state index in [2.05, 4.69) is 20.6 Å². The van der Waals surface area contributed by atoms with Crippen molar-refractivity contribution in [3.05, 3.63) is 10.8 Å². The summed E-state index contributed by atoms with van der Waals surface area (Å²) < 4.78 is 1.75. The molecule has 1 aliphatic carbocycles. The molecule has 1 aliphatic rings. The van der Waals surface area contributed by atoms with Crippen molar-refractivity contribution in [1.29, 1.82) is 0 Å². The first-order chi connectivity index (χ1) is 9.74. The van der Waals surface area contributed by atoms with E-state index in [0.29, 0.717) is 6.54 Å². The molecule has 2 aromatic heterocycles. The molecule has 0 radical (unpaired) electrons. The lowest BCUT2D eigenvalue weighted by Gasteiger charge is -2.20. The minimum Gasteiger partial charge on any atom is -0.355 e. The van der Waals surface area contributed by atoms with E-state index >= 15 is 0 Å². The summed E-state index contributed by atoms with van der Waals surface area (Å²) in [5, 5.41) is 16.5. The third-order valence-electron chi connectivity index (χ3n) is 3.80. The first-order valence-electron chi connectivity index (χ1n) is 7.19. The number of aromatic nitrogens is 4. The number of aryl methyl sites for hydroxylation is 1. The second kappa shape index (κ2) is 5.87. The topological polar surface area (TPSA) is 72.2 Å². The molecule has 0 spiro atoms. The summed E-state index contributed by atoms with van der Waals surface area (Å²) >= 11 is 1.53. The Hall–Kier alpha value is -1.50. The van der Waals surface area contributed by atoms with E-state index in [1.54, 1.807) is 4.52 Å². The van der Waals surface area contributed by atoms with Crippen LogP contribution in [0.25, 0.3) is 4.96 Å². The molecule has 1 amide bonds. The second-order valence-corrected chi connectivity index (χ2v) is 6.35. The Balaban J connectivity index is 1.50. The molecule has 0 bridgehead atoms. The van der Waals surface area contributed by atoms with Gasteiger partial charge in [0, 0.05) is 18.9 Å². The van der Waals surface area contributed by atoms with Gasteiger partial charge in [0.05, 0.1) is 0 Å². The van der Waals surface area contributed by atoms with Crippen molar-refractivity contribution >= 4 is 22.2 Å². The highest BCUT2D eigenvalue weighted by atomic mass is 32.1. The van der Waals surface area contributed by atoms with Gasteiger partial charge in [-0.2, -0.15) is 9.61 Å². The van der Waals surface area contributed by atoms with Crippen LogP contribution in [0.2, 0.25) is 0 Å². The van der Waals surface area contributed by atoms with Crippen molar-refractivity contribution in [3.8, 4) is 0 Å². The lowest BCUT2D eigenvalue weighted by atomic mass is 9.89. The van der Waals surface area contributed by atoms with Crippen LogP contribution in [0.15, 0.2) is 0 Å². The van der Waals surface area contributed by atoms with Crippen molar-refractivity contribution < 1.29 is 4.79 Å². The highest BCUT2D eigenvalue weighted by molar-refractivity contribution is 7.16. The number of hydrogen-bond acceptors (Lipinski definition) is 5. The van der Waals surface area contributed by atoms with Gasteiger partial charge in [-0.05, 0) is 19.8 Å². The molecule has 0 unspecified atom stereocenters. The largest absolute Gasteiger partial charge is 0.355 e. The number of carbonyl (C=O) groups excluding carboxylic acids is 1. The molecule has 1 fully saturated rings. The van der Waals surface area contributed by atoms with E-state index in [0.717, 1.165) is 35.1 Å². The minimum atomic E-state index is 0.212. The summed E-state index contributed by atoms with van der Waals surface area (Å²) in [6, 6.07) is 0. The van der Waals surface area contributed by atoms with Gasteiger partial charge in [-0.1, -0.05) is 30.6 Å². The molecule has 2 heterocycles. The highest BCUT2D eigenvalue weighted by Gasteiger charge is 2.20. The Morgan fingerprint density at radius 1 is 1.35 bits per heavy atom. The number of hydrogen-bond donors (Lipinski definition) is 1. The van der Waals surface area contributed by atoms with E-state index in [1.165, 1.54) is 30.6 Å². The highest BCUT2D eigenvalue weighted by Crippen LogP contribution is 2.23. The van der Waals surface area contributed by atoms with Gasteiger partial charge in [0.1, 0.15) is 5.01 Å². The van der Waals surface area contributed by atoms with E-state index in [1.807, 2.05) is 6.92 Å². The number of fused-ring (bicyclic) bond motifs is 1. The summed E-state index contributed by atoms with van der Waals surface area (Å²) in [6.45, 7) is 2.53. The quantitative estimate of drug-likeness (QED) is 0.932. The molecule has 6 nitrogen and oxygen atoms in total. The number of amides is 1. The fourth-order valence-corrected chi connectivity index (χ4v) is 3.54. The molecule has 0 atom stereocenters. The fraction of sp³-hybridized carbons (Fsp3) is 0.692. The van der Waals surface area contributed by atoms with Gasteiger partial charge in [-0.15, -0.1) is 10.2 Å². The zero-order valence-corrected chi connectivity index (χ0v) is 12.4. The Morgan fingerprint density at radius 2 is 2.15 bits per heavy atom. The molecule has 0 aliphatic heterocycles. The summed E-state index contributed by atoms with van der Waals surface area (Å²) in [5.74, 6) is 1.24. The van der Waals surface area contributed by atoms with Gasteiger partial charge in [-0.25, -0.2) is 0 Å². The van der Waals surface area contributed by atoms with Gasteiger partial charge < -0.3 is 5.32 Å². The van der Waals surface area contributed by atoms with Gasteiger partial charge in [-0.3, -0.25) is 4.79 Å². The Kier molecular flexibility index (Phi) is 3.95. The SMILES string of the molecule is Cc1nnc2sc(CCNC(=O)C3CCCCC3)nn12. The fourth-order valence-electron chi connectivity index (χ4n) is 2.66. The molecule has 1 N–H and O–H groups in total. The lowest BCUT2D eigenvalue weighted by Crippen LogP contribution is -2.33. The molecule has 2 aromatic rings. The van der Waals surface area contributed by atoms with Crippen LogP contribution in [0.1, 0.15) is 42.9 Å². The van der Waals surface area contributed by atoms with Crippen LogP contribution in [-0.2, 0) is 11.2 Å². The summed E-state index contributed by atoms with van der Waals surface area (Å²) in [5.41, 5.74) is 0. The molecule has 1 saturated carbocycles. The molecule has 0 saturated heterocycles. The molecular formula is C13H19N5OS. The summed E-state index contributed by atoms with van der Waals surface area (Å²) in [6.07, 6.45) is 6.49. The molecule has 0 aromatic carbocycles. The third-order valence-corrected chi connectivity index (χ3v) is 4.76. The van der Waals surface area contributed by atoms with E-state index < -0.39 is 0 Å². The van der Waals surface area contributed by atoms with Crippen molar-refractivity contribution in [3.63, 3.8) is 0 Å². The first kappa shape index (κ1) is 13.5. The number of nitrogens with one attached hydrogen (secondary N) is 1. The van der Waals surface area contributed by atoms with E-state index in [-0.39, 0.29) is 11.8 Å². The van der Waals surface area contributed by atoms with Crippen molar-refractivity contribution in [2.45, 2.75) is 45.4 Å². The van der Waals surface area contributed by atoms with Gasteiger partial charge in [0.25, 0.3) is 0 Å². The molecular weight excluding hydrogens is 274 g/mol. The summed E-state index contributed by atoms with van der Waals surface area (Å²) in [7, 11) is 0. The summed E-state index contributed by atoms with van der Waals surface area (Å²) in [4.78, 5) is 12.8. The zero-order chi connectivity index (χ0) is 13.9. The third kappa shape index (κ3) is 2.82. The Morgan fingerprint density at radius 3 is 2.90 bits per heavy atom. The normalized spacial score (nSPS) is 16.6. The number of nitrogens with zero attached hydrogens (tertiary/aromatic N) is 4. The van der Waals surface area contributed by atoms with Crippen LogP contribution in [0.3, 0.4) is 0 Å². The van der Waals surface area contributed by atoms with Crippen LogP contribution in [0.5, 0.6) is 0 Å². The Bertz CT molecular complexity index is 599. The average molecular weight is 293 g/mol. The van der Waals surface area contributed by atoms with Gasteiger partial charge in [0.15, 0.2) is 5.82 Å². The van der Waals surface area contributed by atoms with Gasteiger partial charge >= 0.3 is 0 Å². The minimum absolute atomic E-state index is 0.212. The van der Waals surface area contributed by atoms with Gasteiger partial charge in [0.2, 0.25) is 10.9 Å². The molecule has 20 heavy (non-hydrogen) atoms. The van der Waals surface area contributed by atoms with Crippen molar-refractivity contribution in [2.24, 2.45) is 5.92 Å². The number of rotatable bonds is 4. The molecule has 108 valence electrons. The maximum atomic E-state index is 12.0. The first-order valence-corrected chi connectivity index (χ1v) is 8.01. The van der Waals surface area contributed by atoms with Crippen molar-refractivity contribution in [1.82, 2.24) is 25.1 Å². The average Bonchev–Trinajstić information content (AvgIpc) is 3.02. The molecule has 3 rings (SSSR count). The predicted molar refractivity (Wildman–Crippen MR) is 76.7 cm³/mol. The monoisotopic (exact) mass is 293 g/mol. The van der Waals surface area contributed by atoms with Crippen LogP contribution in [-0.4, -0.2) is 32.3 Å². The molecule has 7 heteroatoms. The maximum absolute atomic E-state index is 12.0. The van der Waals surface area contributed by atoms with Crippen LogP contribution in [0.4, 0.5) is 0 Å². The van der Waals surface area contributed by atoms with Crippen LogP contribution < -0.4 is 5.32 Å². The van der Waals surface area contributed by atoms with Crippen molar-refractivity contribution in [2.75, 3.05) is 6.54 Å². The lowest BCUT2D eigenvalue weighted by molar-refractivity contribution is -0.125. The van der Waals surface area contributed by atoms with Crippen LogP contribution in [0, 0.1) is 12.8 Å². The zero-order valence-electron chi connectivity index (χ0n) is 11.6. The van der Waals surface area contributed by atoms with E-state index in [4.69, 9.17) is 0 Å². The predicted octanol–water partition coefficient (Wildman–Crippen LogP) is 1.73. The standard InChI is InChI=1S/C13H19N5OS/c1-9-15-16-13-18(9)17-11(20-13)7-8-14-12(19)10-5-3-2-4-6-10/h10H,2-8H2,1H3,(H,14,19).